The van der Waals surface area contributed by atoms with Crippen LogP contribution in [0.25, 0.3) is 0 Å². The largest absolute Gasteiger partial charge is 0.493 e. The Kier molecular flexibility index (Phi) is 6.64. The maximum Gasteiger partial charge on any atom is 0.338 e. The maximum atomic E-state index is 12.9. The molecule has 2 N–H and O–H groups in total. The van der Waals surface area contributed by atoms with Gasteiger partial charge < -0.3 is 29.6 Å². The number of nitrogens with one attached hydrogen (secondary N) is 2. The molecule has 1 aromatic rings. The molecule has 0 saturated carbocycles. The molecule has 29 heavy (non-hydrogen) atoms. The van der Waals surface area contributed by atoms with E-state index in [9.17, 15) is 9.59 Å². The van der Waals surface area contributed by atoms with Gasteiger partial charge in [0.25, 0.3) is 0 Å². The molecule has 1 fully saturated rings. The van der Waals surface area contributed by atoms with Crippen molar-refractivity contribution in [1.82, 2.24) is 10.6 Å². The highest BCUT2D eigenvalue weighted by Gasteiger charge is 2.35. The van der Waals surface area contributed by atoms with Crippen LogP contribution < -0.4 is 20.1 Å². The van der Waals surface area contributed by atoms with Gasteiger partial charge in [0.2, 0.25) is 0 Å². The molecule has 8 nitrogen and oxygen atoms in total. The number of rotatable bonds is 7. The number of ether oxygens (including phenoxy) is 4. The first-order valence-electron chi connectivity index (χ1n) is 9.81. The van der Waals surface area contributed by atoms with Crippen molar-refractivity contribution < 1.29 is 28.5 Å². The van der Waals surface area contributed by atoms with Crippen LogP contribution in [0.5, 0.6) is 11.5 Å². The normalized spacial score (nSPS) is 21.6. The Labute approximate surface area is 170 Å². The van der Waals surface area contributed by atoms with Gasteiger partial charge in [0.15, 0.2) is 11.5 Å². The third kappa shape index (κ3) is 4.82. The summed E-state index contributed by atoms with van der Waals surface area (Å²) >= 11 is 0. The predicted octanol–water partition coefficient (Wildman–Crippen LogP) is 2.83. The summed E-state index contributed by atoms with van der Waals surface area (Å²) in [6, 6.07) is 4.24. The molecule has 0 radical (unpaired) electrons. The van der Waals surface area contributed by atoms with E-state index in [1.54, 1.807) is 32.2 Å². The zero-order chi connectivity index (χ0) is 21.0. The molecular formula is C21H28N2O6. The lowest BCUT2D eigenvalue weighted by atomic mass is 9.94. The number of allylic oxidation sites excluding steroid dienone is 1. The lowest BCUT2D eigenvalue weighted by Crippen LogP contribution is -2.45. The third-order valence-electron chi connectivity index (χ3n) is 4.81. The molecule has 2 aliphatic heterocycles. The Balaban J connectivity index is 1.94. The number of methoxy groups -OCH3 is 1. The van der Waals surface area contributed by atoms with Gasteiger partial charge in [-0.2, -0.15) is 0 Å². The lowest BCUT2D eigenvalue weighted by molar-refractivity contribution is -0.142. The lowest BCUT2D eigenvalue weighted by Gasteiger charge is -2.30. The highest BCUT2D eigenvalue weighted by Crippen LogP contribution is 2.39. The van der Waals surface area contributed by atoms with Gasteiger partial charge in [-0.3, -0.25) is 0 Å². The highest BCUT2D eigenvalue weighted by molar-refractivity contribution is 5.95. The smallest absolute Gasteiger partial charge is 0.338 e. The summed E-state index contributed by atoms with van der Waals surface area (Å²) in [6.07, 6.45) is 1.62. The Morgan fingerprint density at radius 2 is 2.14 bits per heavy atom. The zero-order valence-corrected chi connectivity index (χ0v) is 17.2. The minimum atomic E-state index is -0.732. The van der Waals surface area contributed by atoms with Crippen molar-refractivity contribution in [3.05, 3.63) is 35.0 Å². The second-order valence-corrected chi connectivity index (χ2v) is 7.35. The number of carbonyl (C=O) groups is 2. The molecule has 1 saturated heterocycles. The van der Waals surface area contributed by atoms with Crippen molar-refractivity contribution in [1.29, 1.82) is 0 Å². The molecule has 158 valence electrons. The van der Waals surface area contributed by atoms with Crippen LogP contribution in [-0.4, -0.2) is 44.5 Å². The van der Waals surface area contributed by atoms with Crippen LogP contribution in [0.1, 0.15) is 45.2 Å². The molecule has 0 aromatic heterocycles. The summed E-state index contributed by atoms with van der Waals surface area (Å²) in [7, 11) is 1.55. The van der Waals surface area contributed by atoms with Gasteiger partial charge in [0.05, 0.1) is 30.9 Å². The number of para-hydroxylation sites is 1. The first-order chi connectivity index (χ1) is 13.9. The van der Waals surface area contributed by atoms with Gasteiger partial charge in [-0.15, -0.1) is 0 Å². The summed E-state index contributed by atoms with van der Waals surface area (Å²) in [6.45, 7) is 6.34. The average Bonchev–Trinajstić information content (AvgIpc) is 3.19. The number of urea groups is 1. The van der Waals surface area contributed by atoms with E-state index in [4.69, 9.17) is 18.9 Å². The minimum Gasteiger partial charge on any atom is -0.493 e. The quantitative estimate of drug-likeness (QED) is 0.679. The average molecular weight is 404 g/mol. The number of hydrogen-bond donors (Lipinski definition) is 2. The third-order valence-corrected chi connectivity index (χ3v) is 4.81. The van der Waals surface area contributed by atoms with Crippen LogP contribution >= 0.6 is 0 Å². The Bertz CT molecular complexity index is 798. The summed E-state index contributed by atoms with van der Waals surface area (Å²) < 4.78 is 22.4. The number of benzene rings is 1. The number of hydrogen-bond acceptors (Lipinski definition) is 6. The van der Waals surface area contributed by atoms with Crippen LogP contribution in [0.3, 0.4) is 0 Å². The van der Waals surface area contributed by atoms with Crippen LogP contribution in [-0.2, 0) is 14.3 Å². The van der Waals surface area contributed by atoms with E-state index >= 15 is 0 Å². The van der Waals surface area contributed by atoms with Crippen LogP contribution in [0.15, 0.2) is 29.5 Å². The fraction of sp³-hybridized carbons (Fsp3) is 0.524. The van der Waals surface area contributed by atoms with Gasteiger partial charge >= 0.3 is 12.0 Å². The molecule has 3 rings (SSSR count). The molecule has 0 bridgehead atoms. The van der Waals surface area contributed by atoms with Gasteiger partial charge in [0.1, 0.15) is 6.61 Å². The van der Waals surface area contributed by atoms with E-state index in [1.165, 1.54) is 0 Å². The van der Waals surface area contributed by atoms with E-state index in [1.807, 2.05) is 13.8 Å². The van der Waals surface area contributed by atoms with Crippen LogP contribution in [0, 0.1) is 0 Å². The van der Waals surface area contributed by atoms with E-state index in [-0.39, 0.29) is 18.8 Å². The molecule has 2 heterocycles. The first kappa shape index (κ1) is 21.0. The van der Waals surface area contributed by atoms with Crippen molar-refractivity contribution in [3.63, 3.8) is 0 Å². The summed E-state index contributed by atoms with van der Waals surface area (Å²) in [4.78, 5) is 25.1. The Morgan fingerprint density at radius 1 is 1.34 bits per heavy atom. The van der Waals surface area contributed by atoms with Gasteiger partial charge in [-0.1, -0.05) is 12.1 Å². The second kappa shape index (κ2) is 9.17. The van der Waals surface area contributed by atoms with Crippen molar-refractivity contribution in [2.45, 2.75) is 51.9 Å². The Morgan fingerprint density at radius 3 is 2.79 bits per heavy atom. The first-order valence-corrected chi connectivity index (χ1v) is 9.81. The molecule has 0 aliphatic carbocycles. The van der Waals surface area contributed by atoms with Crippen LogP contribution in [0.4, 0.5) is 4.79 Å². The van der Waals surface area contributed by atoms with Crippen molar-refractivity contribution in [3.8, 4) is 11.5 Å². The van der Waals surface area contributed by atoms with Crippen molar-refractivity contribution in [2.75, 3.05) is 20.3 Å². The molecule has 0 spiro atoms. The molecule has 2 amide bonds. The van der Waals surface area contributed by atoms with Crippen molar-refractivity contribution >= 4 is 12.0 Å². The molecule has 0 unspecified atom stereocenters. The SMILES string of the molecule is COc1cccc([C@@H]2NC(=O)NC(C)=C2C(=O)OC[C@@H]2CCCO2)c1OC(C)C. The van der Waals surface area contributed by atoms with Crippen LogP contribution in [0.2, 0.25) is 0 Å². The zero-order valence-electron chi connectivity index (χ0n) is 17.2. The number of amides is 2. The molecule has 1 aromatic carbocycles. The summed E-state index contributed by atoms with van der Waals surface area (Å²) in [5.41, 5.74) is 1.38. The monoisotopic (exact) mass is 404 g/mol. The fourth-order valence-corrected chi connectivity index (χ4v) is 3.50. The topological polar surface area (TPSA) is 95.1 Å². The molecular weight excluding hydrogens is 376 g/mol. The summed E-state index contributed by atoms with van der Waals surface area (Å²) in [5, 5.41) is 5.46. The van der Waals surface area contributed by atoms with E-state index in [0.29, 0.717) is 34.9 Å². The standard InChI is InChI=1S/C21H28N2O6/c1-12(2)29-19-15(8-5-9-16(19)26-4)18-17(13(3)22-21(25)23-18)20(24)28-11-14-7-6-10-27-14/h5,8-9,12,14,18H,6-7,10-11H2,1-4H3,(H2,22,23,25)/t14-,18-/m0/s1. The van der Waals surface area contributed by atoms with Gasteiger partial charge in [-0.25, -0.2) is 9.59 Å². The number of carbonyl (C=O) groups excluding carboxylic acids is 2. The second-order valence-electron chi connectivity index (χ2n) is 7.35. The minimum absolute atomic E-state index is 0.0823. The van der Waals surface area contributed by atoms with E-state index < -0.39 is 18.0 Å². The van der Waals surface area contributed by atoms with Gasteiger partial charge in [-0.05, 0) is 39.7 Å². The van der Waals surface area contributed by atoms with Gasteiger partial charge in [0, 0.05) is 17.9 Å². The molecule has 8 heteroatoms. The van der Waals surface area contributed by atoms with E-state index in [2.05, 4.69) is 10.6 Å². The fourth-order valence-electron chi connectivity index (χ4n) is 3.50. The maximum absolute atomic E-state index is 12.9. The predicted molar refractivity (Wildman–Crippen MR) is 106 cm³/mol. The van der Waals surface area contributed by atoms with E-state index in [0.717, 1.165) is 12.8 Å². The number of esters is 1. The summed E-state index contributed by atoms with van der Waals surface area (Å²) in [5.74, 6) is 0.497. The Hall–Kier alpha value is -2.74. The molecule has 2 aliphatic rings. The van der Waals surface area contributed by atoms with Crippen molar-refractivity contribution in [2.24, 2.45) is 0 Å². The molecule has 2 atom stereocenters. The highest BCUT2D eigenvalue weighted by atomic mass is 16.6.